The van der Waals surface area contributed by atoms with Crippen molar-refractivity contribution in [2.24, 2.45) is 0 Å². The quantitative estimate of drug-likeness (QED) is 0.462. The molecule has 0 aromatic heterocycles. The Labute approximate surface area is 79.7 Å². The van der Waals surface area contributed by atoms with Crippen LogP contribution >= 0.6 is 0 Å². The van der Waals surface area contributed by atoms with Gasteiger partial charge >= 0.3 is 5.97 Å². The van der Waals surface area contributed by atoms with Gasteiger partial charge in [-0.15, -0.1) is 0 Å². The number of nitrogens with zero attached hydrogens (tertiary/aromatic N) is 1. The highest BCUT2D eigenvalue weighted by Crippen LogP contribution is 1.88. The van der Waals surface area contributed by atoms with Gasteiger partial charge in [0, 0.05) is 19.2 Å². The third-order valence-corrected chi connectivity index (χ3v) is 1.62. The van der Waals surface area contributed by atoms with E-state index in [0.717, 1.165) is 19.2 Å². The first kappa shape index (κ1) is 11.8. The van der Waals surface area contributed by atoms with Crippen molar-refractivity contribution in [1.29, 1.82) is 0 Å². The smallest absolute Gasteiger partial charge is 0.330 e. The molecular formula is C10H17NO2. The molecule has 0 aliphatic rings. The maximum absolute atomic E-state index is 10.6. The predicted octanol–water partition coefficient (Wildman–Crippen LogP) is 1.57. The topological polar surface area (TPSA) is 29.5 Å². The Morgan fingerprint density at radius 2 is 2.08 bits per heavy atom. The highest BCUT2D eigenvalue weighted by atomic mass is 16.5. The van der Waals surface area contributed by atoms with Crippen molar-refractivity contribution in [3.63, 3.8) is 0 Å². The molecule has 74 valence electrons. The molecule has 0 rings (SSSR count). The van der Waals surface area contributed by atoms with Gasteiger partial charge in [0.05, 0.1) is 0 Å². The second-order valence-electron chi connectivity index (χ2n) is 2.44. The fourth-order valence-electron chi connectivity index (χ4n) is 0.816. The number of hydrogen-bond donors (Lipinski definition) is 0. The van der Waals surface area contributed by atoms with Crippen LogP contribution in [0.2, 0.25) is 0 Å². The highest BCUT2D eigenvalue weighted by Gasteiger charge is 1.92. The summed E-state index contributed by atoms with van der Waals surface area (Å²) in [6.07, 6.45) is 4.90. The lowest BCUT2D eigenvalue weighted by molar-refractivity contribution is -0.136. The number of rotatable bonds is 6. The molecule has 0 bridgehead atoms. The van der Waals surface area contributed by atoms with Crippen LogP contribution in [0.3, 0.4) is 0 Å². The first-order chi connectivity index (χ1) is 6.24. The van der Waals surface area contributed by atoms with Crippen LogP contribution in [-0.2, 0) is 9.53 Å². The molecule has 0 unspecified atom stereocenters. The first-order valence-electron chi connectivity index (χ1n) is 4.44. The molecule has 0 atom stereocenters. The van der Waals surface area contributed by atoms with Gasteiger partial charge in [0.15, 0.2) is 0 Å². The number of hydrogen-bond acceptors (Lipinski definition) is 3. The van der Waals surface area contributed by atoms with Crippen molar-refractivity contribution >= 4 is 5.97 Å². The van der Waals surface area contributed by atoms with Gasteiger partial charge in [-0.1, -0.05) is 6.58 Å². The molecule has 0 aliphatic carbocycles. The molecule has 0 heterocycles. The van der Waals surface area contributed by atoms with Crippen LogP contribution in [0.25, 0.3) is 0 Å². The van der Waals surface area contributed by atoms with E-state index in [2.05, 4.69) is 25.3 Å². The Kier molecular flexibility index (Phi) is 6.69. The van der Waals surface area contributed by atoms with Gasteiger partial charge in [-0.3, -0.25) is 0 Å². The van der Waals surface area contributed by atoms with Crippen LogP contribution in [-0.4, -0.2) is 30.6 Å². The summed E-state index contributed by atoms with van der Waals surface area (Å²) < 4.78 is 4.76. The van der Waals surface area contributed by atoms with Crippen molar-refractivity contribution in [2.45, 2.75) is 13.8 Å². The molecule has 0 fully saturated rings. The van der Waals surface area contributed by atoms with Crippen LogP contribution in [0.1, 0.15) is 13.8 Å². The molecule has 0 radical (unpaired) electrons. The van der Waals surface area contributed by atoms with Gasteiger partial charge in [-0.05, 0) is 26.1 Å². The van der Waals surface area contributed by atoms with E-state index in [4.69, 9.17) is 4.74 Å². The second kappa shape index (κ2) is 7.40. The minimum absolute atomic E-state index is 0.307. The third-order valence-electron chi connectivity index (χ3n) is 1.62. The molecule has 0 saturated heterocycles. The second-order valence-corrected chi connectivity index (χ2v) is 2.44. The lowest BCUT2D eigenvalue weighted by Gasteiger charge is -2.14. The minimum Gasteiger partial charge on any atom is -0.458 e. The van der Waals surface area contributed by atoms with Gasteiger partial charge in [0.2, 0.25) is 0 Å². The summed E-state index contributed by atoms with van der Waals surface area (Å²) in [5.74, 6) is -0.385. The Morgan fingerprint density at radius 3 is 2.54 bits per heavy atom. The zero-order valence-electron chi connectivity index (χ0n) is 8.32. The lowest BCUT2D eigenvalue weighted by atomic mass is 10.5. The summed E-state index contributed by atoms with van der Waals surface area (Å²) >= 11 is 0. The van der Waals surface area contributed by atoms with E-state index in [1.165, 1.54) is 0 Å². The normalized spacial score (nSPS) is 10.0. The van der Waals surface area contributed by atoms with Gasteiger partial charge in [-0.25, -0.2) is 4.79 Å². The molecular weight excluding hydrogens is 166 g/mol. The lowest BCUT2D eigenvalue weighted by Crippen LogP contribution is -2.15. The molecule has 3 nitrogen and oxygen atoms in total. The monoisotopic (exact) mass is 183 g/mol. The van der Waals surface area contributed by atoms with Crippen LogP contribution in [0.4, 0.5) is 0 Å². The van der Waals surface area contributed by atoms with Crippen molar-refractivity contribution in [2.75, 3.05) is 19.7 Å². The number of ether oxygens (including phenoxy) is 1. The van der Waals surface area contributed by atoms with Crippen molar-refractivity contribution in [1.82, 2.24) is 4.90 Å². The number of esters is 1. The van der Waals surface area contributed by atoms with Gasteiger partial charge in [0.25, 0.3) is 0 Å². The Bertz CT molecular complexity index is 183. The number of carbonyl (C=O) groups is 1. The minimum atomic E-state index is -0.385. The molecule has 3 heteroatoms. The molecule has 0 saturated carbocycles. The molecule has 0 aliphatic heterocycles. The van der Waals surface area contributed by atoms with Gasteiger partial charge in [-0.2, -0.15) is 0 Å². The van der Waals surface area contributed by atoms with Gasteiger partial charge < -0.3 is 9.64 Å². The van der Waals surface area contributed by atoms with E-state index in [1.54, 1.807) is 0 Å². The standard InChI is InChI=1S/C10H17NO2/c1-4-10(12)13-9-7-8-11(5-2)6-3/h4,7-8H,1,5-6,9H2,2-3H3. The average Bonchev–Trinajstić information content (AvgIpc) is 2.18. The van der Waals surface area contributed by atoms with Crippen LogP contribution in [0, 0.1) is 0 Å². The molecule has 0 N–H and O–H groups in total. The Hall–Kier alpha value is -1.25. The molecule has 13 heavy (non-hydrogen) atoms. The van der Waals surface area contributed by atoms with E-state index in [0.29, 0.717) is 6.61 Å². The zero-order valence-corrected chi connectivity index (χ0v) is 8.32. The summed E-state index contributed by atoms with van der Waals surface area (Å²) in [7, 11) is 0. The zero-order chi connectivity index (χ0) is 10.1. The first-order valence-corrected chi connectivity index (χ1v) is 4.44. The number of carbonyl (C=O) groups excluding carboxylic acids is 1. The average molecular weight is 183 g/mol. The predicted molar refractivity (Wildman–Crippen MR) is 53.2 cm³/mol. The fourth-order valence-corrected chi connectivity index (χ4v) is 0.816. The van der Waals surface area contributed by atoms with Crippen LogP contribution < -0.4 is 0 Å². The van der Waals surface area contributed by atoms with E-state index in [-0.39, 0.29) is 5.97 Å². The van der Waals surface area contributed by atoms with Crippen LogP contribution in [0.5, 0.6) is 0 Å². The van der Waals surface area contributed by atoms with E-state index < -0.39 is 0 Å². The van der Waals surface area contributed by atoms with Crippen molar-refractivity contribution in [3.8, 4) is 0 Å². The van der Waals surface area contributed by atoms with E-state index in [9.17, 15) is 4.79 Å². The van der Waals surface area contributed by atoms with E-state index >= 15 is 0 Å². The molecule has 0 aromatic rings. The summed E-state index contributed by atoms with van der Waals surface area (Å²) in [5.41, 5.74) is 0. The Balaban J connectivity index is 3.61. The summed E-state index contributed by atoms with van der Waals surface area (Å²) in [6, 6.07) is 0. The SMILES string of the molecule is C=CC(=O)OCC=CN(CC)CC. The highest BCUT2D eigenvalue weighted by molar-refractivity contribution is 5.81. The summed E-state index contributed by atoms with van der Waals surface area (Å²) in [5, 5.41) is 0. The van der Waals surface area contributed by atoms with E-state index in [1.807, 2.05) is 12.3 Å². The maximum Gasteiger partial charge on any atom is 0.330 e. The fraction of sp³-hybridized carbons (Fsp3) is 0.500. The summed E-state index contributed by atoms with van der Waals surface area (Å²) in [6.45, 7) is 9.67. The molecule has 0 amide bonds. The third kappa shape index (κ3) is 5.96. The van der Waals surface area contributed by atoms with Crippen molar-refractivity contribution in [3.05, 3.63) is 24.9 Å². The summed E-state index contributed by atoms with van der Waals surface area (Å²) in [4.78, 5) is 12.7. The maximum atomic E-state index is 10.6. The molecule has 0 aromatic carbocycles. The largest absolute Gasteiger partial charge is 0.458 e. The van der Waals surface area contributed by atoms with Gasteiger partial charge in [0.1, 0.15) is 6.61 Å². The van der Waals surface area contributed by atoms with Crippen molar-refractivity contribution < 1.29 is 9.53 Å². The Morgan fingerprint density at radius 1 is 1.46 bits per heavy atom. The molecule has 0 spiro atoms. The van der Waals surface area contributed by atoms with Crippen LogP contribution in [0.15, 0.2) is 24.9 Å².